The van der Waals surface area contributed by atoms with Crippen molar-refractivity contribution in [2.45, 2.75) is 29.0 Å². The van der Waals surface area contributed by atoms with Crippen LogP contribution in [0.4, 0.5) is 0 Å². The number of imide groups is 1. The Kier molecular flexibility index (Phi) is 1.46. The molecule has 3 aliphatic rings. The molecule has 0 aromatic rings. The van der Waals surface area contributed by atoms with Gasteiger partial charge in [-0.25, -0.2) is 0 Å². The van der Waals surface area contributed by atoms with E-state index in [1.807, 2.05) is 0 Å². The predicted octanol–water partition coefficient (Wildman–Crippen LogP) is 1.12. The molecule has 0 aromatic heterocycles. The number of halogens is 2. The van der Waals surface area contributed by atoms with E-state index in [0.717, 1.165) is 12.8 Å². The summed E-state index contributed by atoms with van der Waals surface area (Å²) in [6, 6.07) is 0. The summed E-state index contributed by atoms with van der Waals surface area (Å²) < 4.78 is 0. The lowest BCUT2D eigenvalue weighted by molar-refractivity contribution is -0.138. The molecule has 14 heavy (non-hydrogen) atoms. The minimum Gasteiger partial charge on any atom is -0.279 e. The molecule has 3 rings (SSSR count). The van der Waals surface area contributed by atoms with Gasteiger partial charge >= 0.3 is 0 Å². The molecule has 0 unspecified atom stereocenters. The standard InChI is InChI=1S/C9H9Cl2NO2/c10-8-4-5-2-1-3-12(6(8)13)7(14)9(5,8)11/h5H,1-4H2/t5-,8+,9-/m1/s1. The highest BCUT2D eigenvalue weighted by Crippen LogP contribution is 2.64. The van der Waals surface area contributed by atoms with Crippen LogP contribution in [0.2, 0.25) is 0 Å². The topological polar surface area (TPSA) is 37.4 Å². The quantitative estimate of drug-likeness (QED) is 0.465. The van der Waals surface area contributed by atoms with E-state index in [1.54, 1.807) is 0 Å². The zero-order valence-electron chi connectivity index (χ0n) is 7.43. The predicted molar refractivity (Wildman–Crippen MR) is 51.2 cm³/mol. The van der Waals surface area contributed by atoms with Crippen LogP contribution in [0.25, 0.3) is 0 Å². The summed E-state index contributed by atoms with van der Waals surface area (Å²) in [4.78, 5) is 22.7. The van der Waals surface area contributed by atoms with Gasteiger partial charge in [0.2, 0.25) is 0 Å². The number of amides is 2. The molecule has 5 heteroatoms. The average molecular weight is 234 g/mol. The maximum atomic E-state index is 11.9. The minimum absolute atomic E-state index is 0.0885. The molecule has 2 saturated heterocycles. The normalized spacial score (nSPS) is 50.4. The zero-order valence-corrected chi connectivity index (χ0v) is 8.94. The van der Waals surface area contributed by atoms with Gasteiger partial charge in [0, 0.05) is 6.54 Å². The molecule has 1 aliphatic carbocycles. The number of hydrogen-bond acceptors (Lipinski definition) is 2. The number of rotatable bonds is 0. The van der Waals surface area contributed by atoms with Crippen LogP contribution >= 0.6 is 23.2 Å². The maximum absolute atomic E-state index is 11.9. The molecule has 3 atom stereocenters. The molecular weight excluding hydrogens is 225 g/mol. The fourth-order valence-electron chi connectivity index (χ4n) is 2.91. The summed E-state index contributed by atoms with van der Waals surface area (Å²) in [5.41, 5.74) is 0. The molecule has 0 radical (unpaired) electrons. The Labute approximate surface area is 91.3 Å². The third-order valence-electron chi connectivity index (χ3n) is 3.74. The fourth-order valence-corrected chi connectivity index (χ4v) is 3.88. The van der Waals surface area contributed by atoms with Crippen LogP contribution in [0.3, 0.4) is 0 Å². The van der Waals surface area contributed by atoms with Crippen molar-refractivity contribution in [2.75, 3.05) is 6.54 Å². The van der Waals surface area contributed by atoms with Gasteiger partial charge in [-0.2, -0.15) is 0 Å². The van der Waals surface area contributed by atoms with Gasteiger partial charge in [0.25, 0.3) is 11.8 Å². The molecule has 0 N–H and O–H groups in total. The molecule has 0 aromatic carbocycles. The number of hydrogen-bond donors (Lipinski definition) is 0. The van der Waals surface area contributed by atoms with E-state index < -0.39 is 9.75 Å². The zero-order chi connectivity index (χ0) is 10.1. The van der Waals surface area contributed by atoms with Crippen molar-refractivity contribution in [3.05, 3.63) is 0 Å². The Hall–Kier alpha value is -0.280. The first-order valence-electron chi connectivity index (χ1n) is 4.76. The number of carbonyl (C=O) groups is 2. The second kappa shape index (κ2) is 2.27. The number of nitrogens with zero attached hydrogens (tertiary/aromatic N) is 1. The summed E-state index contributed by atoms with van der Waals surface area (Å²) >= 11 is 12.4. The highest BCUT2D eigenvalue weighted by atomic mass is 35.5. The van der Waals surface area contributed by atoms with Crippen LogP contribution < -0.4 is 0 Å². The van der Waals surface area contributed by atoms with E-state index in [1.165, 1.54) is 4.90 Å². The van der Waals surface area contributed by atoms with E-state index in [-0.39, 0.29) is 17.7 Å². The SMILES string of the molecule is O=C1N2CCC[C@@H]3C[C@@]1(Cl)[C@]3(Cl)C2=O. The van der Waals surface area contributed by atoms with Gasteiger partial charge < -0.3 is 0 Å². The Morgan fingerprint density at radius 3 is 2.71 bits per heavy atom. The molecule has 2 aliphatic heterocycles. The van der Waals surface area contributed by atoms with Gasteiger partial charge in [-0.05, 0) is 25.2 Å². The Balaban J connectivity index is 2.18. The van der Waals surface area contributed by atoms with Crippen molar-refractivity contribution >= 4 is 35.0 Å². The van der Waals surface area contributed by atoms with Crippen molar-refractivity contribution in [1.82, 2.24) is 4.90 Å². The van der Waals surface area contributed by atoms with Crippen LogP contribution in [0, 0.1) is 5.92 Å². The molecule has 3 fully saturated rings. The van der Waals surface area contributed by atoms with E-state index in [2.05, 4.69) is 0 Å². The third-order valence-corrected chi connectivity index (χ3v) is 5.25. The highest BCUT2D eigenvalue weighted by molar-refractivity contribution is 6.54. The minimum atomic E-state index is -1.13. The van der Waals surface area contributed by atoms with Crippen LogP contribution in [0.15, 0.2) is 0 Å². The van der Waals surface area contributed by atoms with Crippen LogP contribution in [-0.2, 0) is 9.59 Å². The van der Waals surface area contributed by atoms with Crippen molar-refractivity contribution < 1.29 is 9.59 Å². The first kappa shape index (κ1) is 8.98. The Bertz CT molecular complexity index is 359. The lowest BCUT2D eigenvalue weighted by atomic mass is 9.63. The van der Waals surface area contributed by atoms with Gasteiger partial charge in [0.1, 0.15) is 0 Å². The van der Waals surface area contributed by atoms with Gasteiger partial charge in [0.05, 0.1) is 0 Å². The molecule has 2 heterocycles. The lowest BCUT2D eigenvalue weighted by Crippen LogP contribution is -2.64. The molecular formula is C9H9Cl2NO2. The van der Waals surface area contributed by atoms with E-state index in [4.69, 9.17) is 23.2 Å². The largest absolute Gasteiger partial charge is 0.279 e. The summed E-state index contributed by atoms with van der Waals surface area (Å²) in [7, 11) is 0. The molecule has 2 amide bonds. The number of alkyl halides is 2. The van der Waals surface area contributed by atoms with Gasteiger partial charge in [-0.1, -0.05) is 0 Å². The fraction of sp³-hybridized carbons (Fsp3) is 0.778. The molecule has 76 valence electrons. The van der Waals surface area contributed by atoms with Crippen molar-refractivity contribution in [3.63, 3.8) is 0 Å². The first-order chi connectivity index (χ1) is 6.52. The van der Waals surface area contributed by atoms with E-state index >= 15 is 0 Å². The third kappa shape index (κ3) is 0.644. The van der Waals surface area contributed by atoms with Gasteiger partial charge in [-0.3, -0.25) is 14.5 Å². The Morgan fingerprint density at radius 2 is 2.00 bits per heavy atom. The van der Waals surface area contributed by atoms with Crippen LogP contribution in [0.5, 0.6) is 0 Å². The summed E-state index contributed by atoms with van der Waals surface area (Å²) in [6.07, 6.45) is 2.30. The van der Waals surface area contributed by atoms with Crippen molar-refractivity contribution in [2.24, 2.45) is 5.92 Å². The van der Waals surface area contributed by atoms with E-state index in [9.17, 15) is 9.59 Å². The highest BCUT2D eigenvalue weighted by Gasteiger charge is 2.79. The number of fused-ring (bicyclic) bond motifs is 1. The second-order valence-corrected chi connectivity index (χ2v) is 5.56. The van der Waals surface area contributed by atoms with Crippen LogP contribution in [-0.4, -0.2) is 33.0 Å². The molecule has 1 saturated carbocycles. The van der Waals surface area contributed by atoms with Crippen LogP contribution in [0.1, 0.15) is 19.3 Å². The second-order valence-electron chi connectivity index (χ2n) is 4.32. The summed E-state index contributed by atoms with van der Waals surface area (Å²) in [6.45, 7) is 0.483. The van der Waals surface area contributed by atoms with E-state index in [0.29, 0.717) is 13.0 Å². The maximum Gasteiger partial charge on any atom is 0.253 e. The van der Waals surface area contributed by atoms with Gasteiger partial charge in [-0.15, -0.1) is 23.2 Å². The van der Waals surface area contributed by atoms with Crippen molar-refractivity contribution in [1.29, 1.82) is 0 Å². The lowest BCUT2D eigenvalue weighted by Gasteiger charge is -2.49. The summed E-state index contributed by atoms with van der Waals surface area (Å²) in [5, 5.41) is 0. The molecule has 3 nitrogen and oxygen atoms in total. The Morgan fingerprint density at radius 1 is 1.29 bits per heavy atom. The summed E-state index contributed by atoms with van der Waals surface area (Å²) in [5.74, 6) is -0.464. The molecule has 2 bridgehead atoms. The monoisotopic (exact) mass is 233 g/mol. The van der Waals surface area contributed by atoms with Gasteiger partial charge in [0.15, 0.2) is 9.75 Å². The number of carbonyl (C=O) groups excluding carboxylic acids is 2. The first-order valence-corrected chi connectivity index (χ1v) is 5.51. The average Bonchev–Trinajstić information content (AvgIpc) is 2.27. The smallest absolute Gasteiger partial charge is 0.253 e. The molecule has 0 spiro atoms. The van der Waals surface area contributed by atoms with Crippen molar-refractivity contribution in [3.8, 4) is 0 Å².